The molecule has 1 unspecified atom stereocenters. The van der Waals surface area contributed by atoms with Crippen LogP contribution in [0.2, 0.25) is 5.02 Å². The summed E-state index contributed by atoms with van der Waals surface area (Å²) in [7, 11) is 2.12. The number of aromatic nitrogens is 1. The molecule has 4 aromatic rings. The fraction of sp³-hybridized carbons (Fsp3) is 0.303. The van der Waals surface area contributed by atoms with E-state index in [4.69, 9.17) is 30.6 Å². The highest BCUT2D eigenvalue weighted by Gasteiger charge is 2.45. The zero-order valence-corrected chi connectivity index (χ0v) is 26.7. The van der Waals surface area contributed by atoms with Gasteiger partial charge in [0, 0.05) is 40.5 Å². The number of amides is 2. The zero-order valence-electron chi connectivity index (χ0n) is 25.2. The first-order chi connectivity index (χ1) is 21.8. The van der Waals surface area contributed by atoms with E-state index in [2.05, 4.69) is 34.9 Å². The highest BCUT2D eigenvalue weighted by Crippen LogP contribution is 2.46. The molecule has 238 valence electrons. The number of halogens is 1. The normalized spacial score (nSPS) is 17.2. The predicted octanol–water partition coefficient (Wildman–Crippen LogP) is 5.31. The number of aldehydes is 1. The Hall–Kier alpha value is -3.87. The van der Waals surface area contributed by atoms with Crippen molar-refractivity contribution >= 4 is 53.4 Å². The van der Waals surface area contributed by atoms with Crippen LogP contribution >= 0.6 is 23.4 Å². The predicted molar refractivity (Wildman–Crippen MR) is 175 cm³/mol. The molecule has 1 atom stereocenters. The van der Waals surface area contributed by atoms with Gasteiger partial charge in [0.15, 0.2) is 5.79 Å². The molecular weight excluding hydrogens is 616 g/mol. The van der Waals surface area contributed by atoms with Crippen LogP contribution in [0.15, 0.2) is 76.5 Å². The monoisotopic (exact) mass is 652 g/mol. The van der Waals surface area contributed by atoms with Gasteiger partial charge in [0.2, 0.25) is 12.8 Å². The summed E-state index contributed by atoms with van der Waals surface area (Å²) in [6.07, 6.45) is 3.29. The lowest BCUT2D eigenvalue weighted by Gasteiger charge is -2.20. The number of primary amides is 1. The third kappa shape index (κ3) is 9.32. The van der Waals surface area contributed by atoms with E-state index in [1.807, 2.05) is 66.7 Å². The third-order valence-corrected chi connectivity index (χ3v) is 8.64. The average molecular weight is 653 g/mol. The Morgan fingerprint density at radius 2 is 1.78 bits per heavy atom. The number of hydrogen-bond donors (Lipinski definition) is 3. The van der Waals surface area contributed by atoms with Gasteiger partial charge in [0.25, 0.3) is 0 Å². The summed E-state index contributed by atoms with van der Waals surface area (Å²) in [5.74, 6) is 1.48. The number of nitrogens with zero attached hydrogens (tertiary/aromatic N) is 1. The fourth-order valence-electron chi connectivity index (χ4n) is 5.12. The number of H-pyrrole nitrogens is 1. The van der Waals surface area contributed by atoms with E-state index in [1.165, 1.54) is 0 Å². The minimum atomic E-state index is -0.242. The van der Waals surface area contributed by atoms with Crippen molar-refractivity contribution in [2.45, 2.75) is 47.9 Å². The van der Waals surface area contributed by atoms with E-state index in [9.17, 15) is 9.59 Å². The second-order valence-corrected chi connectivity index (χ2v) is 12.1. The van der Waals surface area contributed by atoms with Crippen LogP contribution in [0.5, 0.6) is 11.5 Å². The maximum atomic E-state index is 10.5. The average Bonchev–Trinajstić information content (AvgIpc) is 3.73. The van der Waals surface area contributed by atoms with Crippen molar-refractivity contribution in [1.82, 2.24) is 15.2 Å². The lowest BCUT2D eigenvalue weighted by molar-refractivity contribution is -0.144. The number of nitrogens with one attached hydrogen (secondary N) is 2. The number of nitrogens with two attached hydrogens (primary N) is 1. The zero-order chi connectivity index (χ0) is 32.2. The Morgan fingerprint density at radius 3 is 2.47 bits per heavy atom. The number of likely N-dealkylation sites (tertiary alicyclic amines) is 1. The molecule has 0 radical (unpaired) electrons. The maximum Gasteiger partial charge on any atom is 0.207 e. The molecule has 2 fully saturated rings. The van der Waals surface area contributed by atoms with Crippen molar-refractivity contribution < 1.29 is 28.6 Å². The molecule has 1 aromatic heterocycles. The van der Waals surface area contributed by atoms with E-state index in [0.717, 1.165) is 75.9 Å². The number of fused-ring (bicyclic) bond motifs is 3. The SMILES string of the molecule is CC1CC2(CN1C)OCCO2.NC=O.O=CCc1ccc2c(c1)Oc1ccccc1S2.O=CNCc1cc2cc(Cl)ccc2[nH]1. The topological polar surface area (TPSA) is 136 Å². The molecule has 4 heterocycles. The van der Waals surface area contributed by atoms with Crippen molar-refractivity contribution in [2.75, 3.05) is 26.8 Å². The summed E-state index contributed by atoms with van der Waals surface area (Å²) in [4.78, 5) is 36.9. The Kier molecular flexibility index (Phi) is 12.4. The van der Waals surface area contributed by atoms with Gasteiger partial charge in [-0.05, 0) is 68.1 Å². The van der Waals surface area contributed by atoms with Gasteiger partial charge in [-0.15, -0.1) is 0 Å². The minimum absolute atomic E-state index is 0.242. The molecule has 10 nitrogen and oxygen atoms in total. The fourth-order valence-corrected chi connectivity index (χ4v) is 6.23. The Balaban J connectivity index is 0.000000150. The van der Waals surface area contributed by atoms with Crippen LogP contribution in [-0.4, -0.2) is 67.6 Å². The summed E-state index contributed by atoms with van der Waals surface area (Å²) < 4.78 is 17.0. The van der Waals surface area contributed by atoms with Crippen LogP contribution in [-0.2, 0) is 36.8 Å². The first-order valence-electron chi connectivity index (χ1n) is 14.4. The van der Waals surface area contributed by atoms with Gasteiger partial charge in [-0.2, -0.15) is 0 Å². The summed E-state index contributed by atoms with van der Waals surface area (Å²) in [6, 6.07) is 22.1. The van der Waals surface area contributed by atoms with Crippen molar-refractivity contribution in [2.24, 2.45) is 5.73 Å². The molecule has 12 heteroatoms. The molecule has 2 saturated heterocycles. The Morgan fingerprint density at radius 1 is 1.04 bits per heavy atom. The lowest BCUT2D eigenvalue weighted by Crippen LogP contribution is -2.32. The second kappa shape index (κ2) is 16.4. The molecule has 45 heavy (non-hydrogen) atoms. The molecule has 3 aliphatic rings. The standard InChI is InChI=1S/C14H10O2S.C10H9ClN2O.C8H15NO2.CH3NO/c15-8-7-10-5-6-14-12(9-10)16-11-3-1-2-4-13(11)17-14;11-8-1-2-10-7(3-8)4-9(13-10)5-12-6-14;1-7-5-8(6-9(7)2)10-3-4-11-8;2-1-3/h1-6,8-9H,7H2;1-4,6,13H,5H2,(H,12,14);7H,3-6H2,1-2H3;1H,(H2,2,3). The number of benzene rings is 3. The van der Waals surface area contributed by atoms with Crippen LogP contribution in [0.4, 0.5) is 0 Å². The van der Waals surface area contributed by atoms with Crippen molar-refractivity contribution in [3.8, 4) is 11.5 Å². The molecule has 4 N–H and O–H groups in total. The van der Waals surface area contributed by atoms with Gasteiger partial charge in [-0.25, -0.2) is 0 Å². The van der Waals surface area contributed by atoms with Crippen LogP contribution in [0.25, 0.3) is 10.9 Å². The molecule has 3 aliphatic heterocycles. The smallest absolute Gasteiger partial charge is 0.207 e. The first kappa shape index (κ1) is 34.0. The van der Waals surface area contributed by atoms with E-state index in [-0.39, 0.29) is 12.2 Å². The highest BCUT2D eigenvalue weighted by molar-refractivity contribution is 7.99. The van der Waals surface area contributed by atoms with Gasteiger partial charge in [-0.1, -0.05) is 41.6 Å². The Labute approximate surface area is 271 Å². The van der Waals surface area contributed by atoms with E-state index >= 15 is 0 Å². The molecular formula is C33H37ClN4O6S. The number of hydrogen-bond acceptors (Lipinski definition) is 8. The number of aromatic amines is 1. The highest BCUT2D eigenvalue weighted by atomic mass is 35.5. The van der Waals surface area contributed by atoms with Crippen LogP contribution in [0.3, 0.4) is 0 Å². The van der Waals surface area contributed by atoms with E-state index in [0.29, 0.717) is 30.4 Å². The minimum Gasteiger partial charge on any atom is -0.455 e. The van der Waals surface area contributed by atoms with Crippen molar-refractivity contribution in [3.05, 3.63) is 83.0 Å². The molecule has 0 saturated carbocycles. The number of carbonyl (C=O) groups is 3. The van der Waals surface area contributed by atoms with E-state index < -0.39 is 0 Å². The molecule has 2 amide bonds. The van der Waals surface area contributed by atoms with Gasteiger partial charge < -0.3 is 35.0 Å². The maximum absolute atomic E-state index is 10.5. The van der Waals surface area contributed by atoms with Gasteiger partial charge in [-0.3, -0.25) is 14.5 Å². The van der Waals surface area contributed by atoms with Crippen LogP contribution < -0.4 is 15.8 Å². The quantitative estimate of drug-likeness (QED) is 0.218. The molecule has 3 aromatic carbocycles. The number of rotatable bonds is 5. The third-order valence-electron chi connectivity index (χ3n) is 7.29. The lowest BCUT2D eigenvalue weighted by atomic mass is 10.1. The van der Waals surface area contributed by atoms with Crippen LogP contribution in [0, 0.1) is 0 Å². The molecule has 0 bridgehead atoms. The number of carbonyl (C=O) groups excluding carboxylic acids is 3. The number of ether oxygens (including phenoxy) is 3. The summed E-state index contributed by atoms with van der Waals surface area (Å²) in [5.41, 5.74) is 7.14. The second-order valence-electron chi connectivity index (χ2n) is 10.5. The largest absolute Gasteiger partial charge is 0.455 e. The van der Waals surface area contributed by atoms with Gasteiger partial charge >= 0.3 is 0 Å². The van der Waals surface area contributed by atoms with Crippen LogP contribution in [0.1, 0.15) is 24.6 Å². The summed E-state index contributed by atoms with van der Waals surface area (Å²) in [5, 5.41) is 4.37. The number of para-hydroxylation sites is 1. The van der Waals surface area contributed by atoms with Crippen molar-refractivity contribution in [1.29, 1.82) is 0 Å². The summed E-state index contributed by atoms with van der Waals surface area (Å²) in [6.45, 7) is 5.17. The summed E-state index contributed by atoms with van der Waals surface area (Å²) >= 11 is 7.54. The van der Waals surface area contributed by atoms with E-state index in [1.54, 1.807) is 11.8 Å². The van der Waals surface area contributed by atoms with Gasteiger partial charge in [0.05, 0.1) is 36.1 Å². The first-order valence-corrected chi connectivity index (χ1v) is 15.6. The number of likely N-dealkylation sites (N-methyl/N-ethyl adjacent to an activating group) is 1. The Bertz CT molecular complexity index is 1580. The molecule has 1 spiro atoms. The van der Waals surface area contributed by atoms with Crippen molar-refractivity contribution in [3.63, 3.8) is 0 Å². The molecule has 7 rings (SSSR count). The molecule has 0 aliphatic carbocycles. The van der Waals surface area contributed by atoms with Gasteiger partial charge in [0.1, 0.15) is 17.8 Å².